The molecule has 6 heteroatoms. The van der Waals surface area contributed by atoms with E-state index in [9.17, 15) is 8.42 Å². The largest absolute Gasteiger partial charge is 0.399 e. The van der Waals surface area contributed by atoms with Gasteiger partial charge in [-0.1, -0.05) is 37.6 Å². The molecule has 2 aromatic carbocycles. The molecule has 0 aliphatic heterocycles. The lowest BCUT2D eigenvalue weighted by Crippen LogP contribution is -2.14. The number of sulfonamides is 1. The zero-order valence-corrected chi connectivity index (χ0v) is 13.4. The lowest BCUT2D eigenvalue weighted by atomic mass is 10.0. The van der Waals surface area contributed by atoms with Crippen molar-refractivity contribution >= 4 is 33.0 Å². The van der Waals surface area contributed by atoms with Gasteiger partial charge in [-0.2, -0.15) is 0 Å². The van der Waals surface area contributed by atoms with Crippen LogP contribution in [0.5, 0.6) is 0 Å². The minimum Gasteiger partial charge on any atom is -0.399 e. The summed E-state index contributed by atoms with van der Waals surface area (Å²) in [6.07, 6.45) is 0. The minimum absolute atomic E-state index is 0.0286. The van der Waals surface area contributed by atoms with E-state index in [1.165, 1.54) is 12.1 Å². The summed E-state index contributed by atoms with van der Waals surface area (Å²) in [4.78, 5) is -0.0286. The topological polar surface area (TPSA) is 72.2 Å². The molecule has 0 saturated heterocycles. The van der Waals surface area contributed by atoms with E-state index in [1.807, 2.05) is 32.0 Å². The normalized spacial score (nSPS) is 11.6. The van der Waals surface area contributed by atoms with Crippen molar-refractivity contribution in [3.05, 3.63) is 53.1 Å². The molecular weight excluding hydrogens is 308 g/mol. The Balaban J connectivity index is 2.37. The van der Waals surface area contributed by atoms with Gasteiger partial charge in [0.05, 0.1) is 5.02 Å². The van der Waals surface area contributed by atoms with Gasteiger partial charge < -0.3 is 5.73 Å². The third-order valence-corrected chi connectivity index (χ3v) is 4.91. The highest BCUT2D eigenvalue weighted by Gasteiger charge is 2.18. The van der Waals surface area contributed by atoms with Crippen molar-refractivity contribution in [2.24, 2.45) is 0 Å². The van der Waals surface area contributed by atoms with E-state index in [0.29, 0.717) is 17.3 Å². The van der Waals surface area contributed by atoms with E-state index in [1.54, 1.807) is 12.1 Å². The Labute approximate surface area is 130 Å². The first-order chi connectivity index (χ1) is 9.79. The first kappa shape index (κ1) is 15.7. The number of nitrogen functional groups attached to an aromatic ring is 1. The van der Waals surface area contributed by atoms with Gasteiger partial charge in [-0.05, 0) is 41.8 Å². The maximum Gasteiger partial charge on any atom is 0.263 e. The number of rotatable bonds is 4. The Hall–Kier alpha value is -1.72. The van der Waals surface area contributed by atoms with Crippen molar-refractivity contribution in [2.75, 3.05) is 10.5 Å². The molecule has 2 rings (SSSR count). The van der Waals surface area contributed by atoms with Gasteiger partial charge in [0, 0.05) is 11.4 Å². The predicted octanol–water partition coefficient (Wildman–Crippen LogP) is 3.85. The van der Waals surface area contributed by atoms with Gasteiger partial charge in [-0.3, -0.25) is 4.72 Å². The Morgan fingerprint density at radius 1 is 1.14 bits per heavy atom. The maximum absolute atomic E-state index is 12.4. The van der Waals surface area contributed by atoms with Crippen LogP contribution in [-0.4, -0.2) is 8.42 Å². The van der Waals surface area contributed by atoms with Gasteiger partial charge in [-0.25, -0.2) is 8.42 Å². The zero-order valence-electron chi connectivity index (χ0n) is 11.8. The summed E-state index contributed by atoms with van der Waals surface area (Å²) >= 11 is 5.95. The average Bonchev–Trinajstić information content (AvgIpc) is 2.41. The lowest BCUT2D eigenvalue weighted by molar-refractivity contribution is 0.601. The molecule has 0 aliphatic rings. The first-order valence-corrected chi connectivity index (χ1v) is 8.33. The van der Waals surface area contributed by atoms with Crippen LogP contribution in [-0.2, 0) is 10.0 Å². The second-order valence-corrected chi connectivity index (χ2v) is 7.13. The van der Waals surface area contributed by atoms with Crippen molar-refractivity contribution in [3.8, 4) is 0 Å². The van der Waals surface area contributed by atoms with Crippen molar-refractivity contribution in [1.29, 1.82) is 0 Å². The molecule has 112 valence electrons. The van der Waals surface area contributed by atoms with Crippen molar-refractivity contribution in [2.45, 2.75) is 24.7 Å². The molecule has 0 aromatic heterocycles. The average molecular weight is 325 g/mol. The fourth-order valence-electron chi connectivity index (χ4n) is 1.90. The van der Waals surface area contributed by atoms with Crippen LogP contribution in [0.25, 0.3) is 0 Å². The Bertz CT molecular complexity index is 758. The van der Waals surface area contributed by atoms with Crippen LogP contribution >= 0.6 is 11.6 Å². The van der Waals surface area contributed by atoms with Gasteiger partial charge >= 0.3 is 0 Å². The number of halogens is 1. The summed E-state index contributed by atoms with van der Waals surface area (Å²) in [7, 11) is -3.77. The van der Waals surface area contributed by atoms with Crippen molar-refractivity contribution in [1.82, 2.24) is 0 Å². The highest BCUT2D eigenvalue weighted by atomic mass is 35.5. The number of benzene rings is 2. The molecule has 21 heavy (non-hydrogen) atoms. The monoisotopic (exact) mass is 324 g/mol. The summed E-state index contributed by atoms with van der Waals surface area (Å²) < 4.78 is 27.3. The number of nitrogens with two attached hydrogens (primary N) is 1. The molecular formula is C15H17ClN2O2S. The maximum atomic E-state index is 12.4. The summed E-state index contributed by atoms with van der Waals surface area (Å²) in [6, 6.07) is 11.6. The van der Waals surface area contributed by atoms with Crippen LogP contribution < -0.4 is 10.5 Å². The molecule has 0 radical (unpaired) electrons. The fourth-order valence-corrected chi connectivity index (χ4v) is 3.48. The van der Waals surface area contributed by atoms with E-state index >= 15 is 0 Å². The summed E-state index contributed by atoms with van der Waals surface area (Å²) in [5.41, 5.74) is 7.52. The third-order valence-electron chi connectivity index (χ3n) is 3.05. The summed E-state index contributed by atoms with van der Waals surface area (Å²) in [5, 5.41) is 0.136. The molecule has 0 heterocycles. The van der Waals surface area contributed by atoms with E-state index in [2.05, 4.69) is 4.72 Å². The SMILES string of the molecule is CC(C)c1cccc(NS(=O)(=O)c2cc(N)ccc2Cl)c1. The molecule has 0 atom stereocenters. The van der Waals surface area contributed by atoms with E-state index in [4.69, 9.17) is 17.3 Å². The molecule has 0 saturated carbocycles. The number of hydrogen-bond donors (Lipinski definition) is 2. The molecule has 3 N–H and O–H groups in total. The van der Waals surface area contributed by atoms with Gasteiger partial charge in [0.15, 0.2) is 0 Å². The number of hydrogen-bond acceptors (Lipinski definition) is 3. The van der Waals surface area contributed by atoms with Crippen LogP contribution in [0.15, 0.2) is 47.4 Å². The number of anilines is 2. The van der Waals surface area contributed by atoms with E-state index < -0.39 is 10.0 Å². The van der Waals surface area contributed by atoms with Crippen molar-refractivity contribution in [3.63, 3.8) is 0 Å². The van der Waals surface area contributed by atoms with E-state index in [-0.39, 0.29) is 9.92 Å². The molecule has 0 bridgehead atoms. The smallest absolute Gasteiger partial charge is 0.263 e. The first-order valence-electron chi connectivity index (χ1n) is 6.47. The van der Waals surface area contributed by atoms with Gasteiger partial charge in [0.1, 0.15) is 4.90 Å². The van der Waals surface area contributed by atoms with Gasteiger partial charge in [0.2, 0.25) is 0 Å². The van der Waals surface area contributed by atoms with Gasteiger partial charge in [0.25, 0.3) is 10.0 Å². The predicted molar refractivity (Wildman–Crippen MR) is 87.2 cm³/mol. The molecule has 0 amide bonds. The summed E-state index contributed by atoms with van der Waals surface area (Å²) in [6.45, 7) is 4.09. The molecule has 4 nitrogen and oxygen atoms in total. The van der Waals surface area contributed by atoms with Crippen LogP contribution in [0, 0.1) is 0 Å². The Morgan fingerprint density at radius 2 is 1.86 bits per heavy atom. The van der Waals surface area contributed by atoms with Crippen LogP contribution in [0.1, 0.15) is 25.3 Å². The molecule has 0 fully saturated rings. The summed E-state index contributed by atoms with van der Waals surface area (Å²) in [5.74, 6) is 0.311. The van der Waals surface area contributed by atoms with Crippen LogP contribution in [0.2, 0.25) is 5.02 Å². The Morgan fingerprint density at radius 3 is 2.52 bits per heavy atom. The van der Waals surface area contributed by atoms with Gasteiger partial charge in [-0.15, -0.1) is 0 Å². The molecule has 2 aromatic rings. The highest BCUT2D eigenvalue weighted by molar-refractivity contribution is 7.92. The molecule has 0 aliphatic carbocycles. The quantitative estimate of drug-likeness (QED) is 0.839. The third kappa shape index (κ3) is 3.68. The van der Waals surface area contributed by atoms with Crippen LogP contribution in [0.3, 0.4) is 0 Å². The fraction of sp³-hybridized carbons (Fsp3) is 0.200. The second kappa shape index (κ2) is 5.95. The van der Waals surface area contributed by atoms with Crippen molar-refractivity contribution < 1.29 is 8.42 Å². The van der Waals surface area contributed by atoms with E-state index in [0.717, 1.165) is 5.56 Å². The standard InChI is InChI=1S/C15H17ClN2O2S/c1-10(2)11-4-3-5-13(8-11)18-21(19,20)15-9-12(17)6-7-14(15)16/h3-10,18H,17H2,1-2H3. The minimum atomic E-state index is -3.77. The highest BCUT2D eigenvalue weighted by Crippen LogP contribution is 2.26. The Kier molecular flexibility index (Phi) is 4.44. The number of nitrogens with one attached hydrogen (secondary N) is 1. The zero-order chi connectivity index (χ0) is 15.6. The lowest BCUT2D eigenvalue weighted by Gasteiger charge is -2.12. The molecule has 0 unspecified atom stereocenters. The second-order valence-electron chi connectivity index (χ2n) is 5.08. The van der Waals surface area contributed by atoms with Crippen LogP contribution in [0.4, 0.5) is 11.4 Å². The molecule has 0 spiro atoms.